The van der Waals surface area contributed by atoms with E-state index in [-0.39, 0.29) is 5.56 Å². The Hall–Kier alpha value is -1.16. The molecule has 1 rings (SSSR count). The fraction of sp³-hybridized carbons (Fsp3) is 0.692. The lowest BCUT2D eigenvalue weighted by Gasteiger charge is -2.15. The zero-order valence-corrected chi connectivity index (χ0v) is 11.0. The molecule has 0 radical (unpaired) electrons. The smallest absolute Gasteiger partial charge is 0.269 e. The van der Waals surface area contributed by atoms with Gasteiger partial charge in [-0.15, -0.1) is 0 Å². The molecule has 1 unspecified atom stereocenters. The lowest BCUT2D eigenvalue weighted by Crippen LogP contribution is -2.32. The van der Waals surface area contributed by atoms with Crippen molar-refractivity contribution in [3.8, 4) is 0 Å². The van der Waals surface area contributed by atoms with Crippen molar-refractivity contribution in [2.24, 2.45) is 5.92 Å². The Bertz CT molecular complexity index is 373. The fourth-order valence-corrected chi connectivity index (χ4v) is 1.67. The van der Waals surface area contributed by atoms with Crippen molar-refractivity contribution in [3.05, 3.63) is 28.9 Å². The van der Waals surface area contributed by atoms with Crippen LogP contribution in [0.15, 0.2) is 23.4 Å². The molecule has 0 saturated heterocycles. The Morgan fingerprint density at radius 1 is 1.35 bits per heavy atom. The van der Waals surface area contributed by atoms with E-state index in [1.165, 1.54) is 19.0 Å². The molecular weight excluding hydrogens is 214 g/mol. The molecule has 0 spiro atoms. The minimum atomic E-state index is -0.0378. The average molecular weight is 237 g/mol. The highest BCUT2D eigenvalue weighted by atomic mass is 16.1. The largest absolute Gasteiger partial charge is 0.312 e. The van der Waals surface area contributed by atoms with Gasteiger partial charge in [-0.2, -0.15) is 0 Å². The van der Waals surface area contributed by atoms with E-state index in [0.717, 1.165) is 12.5 Å². The van der Waals surface area contributed by atoms with Crippen molar-refractivity contribution >= 4 is 0 Å². The first kappa shape index (κ1) is 13.9. The first-order valence-corrected chi connectivity index (χ1v) is 6.33. The highest BCUT2D eigenvalue weighted by Crippen LogP contribution is 2.05. The second-order valence-electron chi connectivity index (χ2n) is 4.93. The van der Waals surface area contributed by atoms with Gasteiger partial charge in [0, 0.05) is 31.5 Å². The van der Waals surface area contributed by atoms with Gasteiger partial charge in [-0.05, 0) is 25.7 Å². The van der Waals surface area contributed by atoms with Gasteiger partial charge in [-0.25, -0.2) is 0 Å². The summed E-state index contributed by atoms with van der Waals surface area (Å²) in [6.07, 6.45) is 7.14. The van der Waals surface area contributed by atoms with Crippen LogP contribution in [0.25, 0.3) is 0 Å². The Balaban J connectivity index is 2.24. The molecule has 0 aromatic carbocycles. The van der Waals surface area contributed by atoms with Crippen LogP contribution in [0.4, 0.5) is 0 Å². The van der Waals surface area contributed by atoms with Crippen molar-refractivity contribution < 1.29 is 0 Å². The van der Waals surface area contributed by atoms with E-state index >= 15 is 0 Å². The summed E-state index contributed by atoms with van der Waals surface area (Å²) in [4.78, 5) is 15.2. The summed E-state index contributed by atoms with van der Waals surface area (Å²) in [7, 11) is 0. The van der Waals surface area contributed by atoms with E-state index < -0.39 is 0 Å². The Labute approximate surface area is 103 Å². The molecule has 17 heavy (non-hydrogen) atoms. The number of rotatable bonds is 7. The molecule has 1 aromatic rings. The Morgan fingerprint density at radius 3 is 2.76 bits per heavy atom. The third-order valence-electron chi connectivity index (χ3n) is 2.82. The number of hydrogen-bond donors (Lipinski definition) is 1. The van der Waals surface area contributed by atoms with E-state index in [4.69, 9.17) is 0 Å². The Morgan fingerprint density at radius 2 is 2.12 bits per heavy atom. The van der Waals surface area contributed by atoms with Gasteiger partial charge in [0.2, 0.25) is 0 Å². The molecule has 0 amide bonds. The summed E-state index contributed by atoms with van der Waals surface area (Å²) in [5.41, 5.74) is -0.0378. The van der Waals surface area contributed by atoms with Crippen LogP contribution in [-0.4, -0.2) is 22.1 Å². The highest BCUT2D eigenvalue weighted by Gasteiger charge is 2.03. The van der Waals surface area contributed by atoms with Crippen molar-refractivity contribution in [2.75, 3.05) is 6.54 Å². The number of aromatic nitrogens is 2. The number of nitrogens with one attached hydrogen (secondary N) is 1. The highest BCUT2D eigenvalue weighted by molar-refractivity contribution is 4.80. The quantitative estimate of drug-likeness (QED) is 0.784. The van der Waals surface area contributed by atoms with E-state index in [1.807, 2.05) is 0 Å². The summed E-state index contributed by atoms with van der Waals surface area (Å²) >= 11 is 0. The Kier molecular flexibility index (Phi) is 5.91. The van der Waals surface area contributed by atoms with Crippen LogP contribution in [0.5, 0.6) is 0 Å². The van der Waals surface area contributed by atoms with Gasteiger partial charge in [-0.3, -0.25) is 9.78 Å². The number of hydrogen-bond acceptors (Lipinski definition) is 3. The predicted octanol–water partition coefficient (Wildman–Crippen LogP) is 1.66. The molecule has 0 aliphatic carbocycles. The van der Waals surface area contributed by atoms with Crippen LogP contribution in [0.1, 0.15) is 33.6 Å². The van der Waals surface area contributed by atoms with Crippen LogP contribution >= 0.6 is 0 Å². The molecule has 1 atom stereocenters. The molecule has 1 aromatic heterocycles. The van der Waals surface area contributed by atoms with Crippen molar-refractivity contribution in [3.63, 3.8) is 0 Å². The molecule has 1 N–H and O–H groups in total. The molecule has 0 saturated carbocycles. The third-order valence-corrected chi connectivity index (χ3v) is 2.82. The maximum Gasteiger partial charge on any atom is 0.269 e. The zero-order valence-electron chi connectivity index (χ0n) is 11.0. The van der Waals surface area contributed by atoms with Crippen LogP contribution in [0.2, 0.25) is 0 Å². The fourth-order valence-electron chi connectivity index (χ4n) is 1.67. The SMILES string of the molecule is CC(C)CCC(C)NCCn1ccncc1=O. The van der Waals surface area contributed by atoms with E-state index in [9.17, 15) is 4.79 Å². The average Bonchev–Trinajstić information content (AvgIpc) is 2.29. The molecule has 4 heteroatoms. The normalized spacial score (nSPS) is 12.9. The minimum Gasteiger partial charge on any atom is -0.312 e. The lowest BCUT2D eigenvalue weighted by molar-refractivity contribution is 0.439. The van der Waals surface area contributed by atoms with Gasteiger partial charge in [0.05, 0.1) is 6.20 Å². The summed E-state index contributed by atoms with van der Waals surface area (Å²) in [6, 6.07) is 0.509. The summed E-state index contributed by atoms with van der Waals surface area (Å²) in [6.45, 7) is 8.20. The maximum atomic E-state index is 11.4. The van der Waals surface area contributed by atoms with Gasteiger partial charge in [-0.1, -0.05) is 13.8 Å². The van der Waals surface area contributed by atoms with Crippen molar-refractivity contribution in [1.82, 2.24) is 14.9 Å². The molecule has 1 heterocycles. The van der Waals surface area contributed by atoms with Gasteiger partial charge in [0.1, 0.15) is 0 Å². The van der Waals surface area contributed by atoms with Gasteiger partial charge >= 0.3 is 0 Å². The molecular formula is C13H23N3O. The zero-order chi connectivity index (χ0) is 12.7. The van der Waals surface area contributed by atoms with Crippen LogP contribution in [0.3, 0.4) is 0 Å². The first-order valence-electron chi connectivity index (χ1n) is 6.33. The second kappa shape index (κ2) is 7.22. The third kappa shape index (κ3) is 5.63. The molecule has 4 nitrogen and oxygen atoms in total. The van der Waals surface area contributed by atoms with Gasteiger partial charge < -0.3 is 9.88 Å². The van der Waals surface area contributed by atoms with E-state index in [2.05, 4.69) is 31.1 Å². The van der Waals surface area contributed by atoms with Crippen LogP contribution in [-0.2, 0) is 6.54 Å². The molecule has 0 aliphatic heterocycles. The summed E-state index contributed by atoms with van der Waals surface area (Å²) in [5.74, 6) is 0.752. The predicted molar refractivity (Wildman–Crippen MR) is 70.0 cm³/mol. The number of nitrogens with zero attached hydrogens (tertiary/aromatic N) is 2. The van der Waals surface area contributed by atoms with E-state index in [1.54, 1.807) is 17.0 Å². The minimum absolute atomic E-state index is 0.0378. The van der Waals surface area contributed by atoms with Gasteiger partial charge in [0.25, 0.3) is 5.56 Å². The first-order chi connectivity index (χ1) is 8.09. The molecule has 96 valence electrons. The van der Waals surface area contributed by atoms with Crippen molar-refractivity contribution in [2.45, 2.75) is 46.2 Å². The molecule has 0 aliphatic rings. The van der Waals surface area contributed by atoms with Gasteiger partial charge in [0.15, 0.2) is 0 Å². The standard InChI is InChI=1S/C13H23N3O/c1-11(2)4-5-12(3)15-7-9-16-8-6-14-10-13(16)17/h6,8,10-12,15H,4-5,7,9H2,1-3H3. The summed E-state index contributed by atoms with van der Waals surface area (Å²) in [5, 5.41) is 3.43. The maximum absolute atomic E-state index is 11.4. The van der Waals surface area contributed by atoms with Crippen molar-refractivity contribution in [1.29, 1.82) is 0 Å². The van der Waals surface area contributed by atoms with Crippen LogP contribution in [0, 0.1) is 5.92 Å². The summed E-state index contributed by atoms with van der Waals surface area (Å²) < 4.78 is 1.68. The van der Waals surface area contributed by atoms with Crippen LogP contribution < -0.4 is 10.9 Å². The van der Waals surface area contributed by atoms with E-state index in [0.29, 0.717) is 12.6 Å². The molecule has 0 bridgehead atoms. The monoisotopic (exact) mass is 237 g/mol. The topological polar surface area (TPSA) is 46.9 Å². The molecule has 0 fully saturated rings. The second-order valence-corrected chi connectivity index (χ2v) is 4.93. The lowest BCUT2D eigenvalue weighted by atomic mass is 10.0.